The molecule has 0 saturated carbocycles. The minimum atomic E-state index is -1.88. The van der Waals surface area contributed by atoms with Gasteiger partial charge in [-0.1, -0.05) is 19.9 Å². The Morgan fingerprint density at radius 2 is 1.81 bits per heavy atom. The molecule has 0 aromatic heterocycles. The summed E-state index contributed by atoms with van der Waals surface area (Å²) < 4.78 is 11.3. The Morgan fingerprint density at radius 3 is 2.25 bits per heavy atom. The molecule has 0 aromatic rings. The van der Waals surface area contributed by atoms with E-state index >= 15 is 0 Å². The maximum Gasteiger partial charge on any atom is 0.329 e. The maximum atomic E-state index is 11.0. The summed E-state index contributed by atoms with van der Waals surface area (Å²) in [6.45, 7) is 14.2. The van der Waals surface area contributed by atoms with E-state index in [9.17, 15) is 4.79 Å². The molecule has 0 saturated heterocycles. The summed E-state index contributed by atoms with van der Waals surface area (Å²) in [6, 6.07) is 1.15. The van der Waals surface area contributed by atoms with Crippen LogP contribution in [0.15, 0.2) is 12.7 Å². The highest BCUT2D eigenvalue weighted by Crippen LogP contribution is 2.19. The third-order valence-corrected chi connectivity index (χ3v) is 9.10. The summed E-state index contributed by atoms with van der Waals surface area (Å²) in [6.07, 6.45) is 2.76. The minimum absolute atomic E-state index is 0.362. The van der Waals surface area contributed by atoms with Crippen molar-refractivity contribution in [2.75, 3.05) is 6.23 Å². The van der Waals surface area contributed by atoms with E-state index in [4.69, 9.17) is 8.85 Å². The summed E-state index contributed by atoms with van der Waals surface area (Å²) in [5.74, 6) is -0.362. The van der Waals surface area contributed by atoms with Gasteiger partial charge in [0.15, 0.2) is 8.32 Å². The first kappa shape index (κ1) is 15.6. The van der Waals surface area contributed by atoms with Crippen LogP contribution in [0.4, 0.5) is 0 Å². The fraction of sp³-hybridized carbons (Fsp3) is 0.727. The molecule has 94 valence electrons. The van der Waals surface area contributed by atoms with Gasteiger partial charge in [0.05, 0.1) is 0 Å². The number of ether oxygens (including phenoxy) is 1. The molecule has 0 aliphatic carbocycles. The number of carbonyl (C=O) groups is 1. The molecule has 0 aliphatic heterocycles. The van der Waals surface area contributed by atoms with E-state index in [1.165, 1.54) is 6.08 Å². The van der Waals surface area contributed by atoms with Gasteiger partial charge in [-0.05, 0) is 32.2 Å². The minimum Gasteiger partial charge on any atom is -0.463 e. The molecule has 0 radical (unpaired) electrons. The Labute approximate surface area is 101 Å². The van der Waals surface area contributed by atoms with Crippen LogP contribution in [0.5, 0.6) is 0 Å². The third kappa shape index (κ3) is 6.97. The van der Waals surface area contributed by atoms with E-state index in [-0.39, 0.29) is 5.97 Å². The number of hydrogen-bond acceptors (Lipinski definition) is 3. The lowest BCUT2D eigenvalue weighted by atomic mass is 10.6. The topological polar surface area (TPSA) is 35.5 Å². The summed E-state index contributed by atoms with van der Waals surface area (Å²) in [7, 11) is -3.46. The van der Waals surface area contributed by atoms with Crippen molar-refractivity contribution in [2.45, 2.75) is 45.6 Å². The van der Waals surface area contributed by atoms with Gasteiger partial charge in [-0.25, -0.2) is 4.79 Å². The van der Waals surface area contributed by atoms with Gasteiger partial charge in [-0.15, -0.1) is 0 Å². The molecule has 0 unspecified atom stereocenters. The lowest BCUT2D eigenvalue weighted by molar-refractivity contribution is -0.136. The second-order valence-electron chi connectivity index (χ2n) is 5.18. The van der Waals surface area contributed by atoms with Crippen molar-refractivity contribution < 1.29 is 13.6 Å². The molecule has 16 heavy (non-hydrogen) atoms. The fourth-order valence-corrected chi connectivity index (χ4v) is 10.1. The van der Waals surface area contributed by atoms with Crippen molar-refractivity contribution in [3.8, 4) is 0 Å². The molecule has 3 nitrogen and oxygen atoms in total. The van der Waals surface area contributed by atoms with Crippen molar-refractivity contribution in [1.82, 2.24) is 0 Å². The van der Waals surface area contributed by atoms with Crippen LogP contribution in [0.1, 0.15) is 13.3 Å². The maximum absolute atomic E-state index is 11.0. The number of esters is 1. The Balaban J connectivity index is 4.22. The van der Waals surface area contributed by atoms with E-state index in [0.29, 0.717) is 6.23 Å². The molecule has 0 amide bonds. The van der Waals surface area contributed by atoms with Crippen LogP contribution in [-0.2, 0) is 13.6 Å². The first-order chi connectivity index (χ1) is 7.22. The molecule has 0 aromatic carbocycles. The average molecular weight is 260 g/mol. The van der Waals surface area contributed by atoms with Crippen LogP contribution in [0.2, 0.25) is 32.2 Å². The molecule has 0 rings (SSSR count). The first-order valence-electron chi connectivity index (χ1n) is 5.72. The first-order valence-corrected chi connectivity index (χ1v) is 11.9. The Bertz CT molecular complexity index is 250. The molecule has 0 N–H and O–H groups in total. The second kappa shape index (κ2) is 6.37. The predicted molar refractivity (Wildman–Crippen MR) is 72.3 cm³/mol. The van der Waals surface area contributed by atoms with Gasteiger partial charge in [0.25, 0.3) is 0 Å². The van der Waals surface area contributed by atoms with E-state index < -0.39 is 16.6 Å². The van der Waals surface area contributed by atoms with Crippen LogP contribution < -0.4 is 0 Å². The molecule has 0 fully saturated rings. The van der Waals surface area contributed by atoms with Crippen molar-refractivity contribution in [3.63, 3.8) is 0 Å². The van der Waals surface area contributed by atoms with Gasteiger partial charge in [0.1, 0.15) is 6.23 Å². The van der Waals surface area contributed by atoms with Crippen LogP contribution in [0.25, 0.3) is 0 Å². The summed E-state index contributed by atoms with van der Waals surface area (Å²) in [5.41, 5.74) is 0. The summed E-state index contributed by atoms with van der Waals surface area (Å²) in [5, 5.41) is 0. The third-order valence-electron chi connectivity index (χ3n) is 2.13. The van der Waals surface area contributed by atoms with Crippen LogP contribution in [-0.4, -0.2) is 28.8 Å². The largest absolute Gasteiger partial charge is 0.463 e. The summed E-state index contributed by atoms with van der Waals surface area (Å²) in [4.78, 5) is 11.0. The highest BCUT2D eigenvalue weighted by Gasteiger charge is 2.33. The van der Waals surface area contributed by atoms with Gasteiger partial charge >= 0.3 is 5.97 Å². The van der Waals surface area contributed by atoms with E-state index in [0.717, 1.165) is 12.5 Å². The Morgan fingerprint density at radius 1 is 1.25 bits per heavy atom. The number of hydrogen-bond donors (Lipinski definition) is 0. The monoisotopic (exact) mass is 260 g/mol. The van der Waals surface area contributed by atoms with Gasteiger partial charge in [-0.2, -0.15) is 0 Å². The van der Waals surface area contributed by atoms with Crippen LogP contribution >= 0.6 is 0 Å². The summed E-state index contributed by atoms with van der Waals surface area (Å²) >= 11 is 0. The molecule has 5 heteroatoms. The average Bonchev–Trinajstić information content (AvgIpc) is 2.12. The predicted octanol–water partition coefficient (Wildman–Crippen LogP) is 3.09. The molecular formula is C11H24O3Si2. The molecule has 0 atom stereocenters. The van der Waals surface area contributed by atoms with Gasteiger partial charge in [0, 0.05) is 6.08 Å². The highest BCUT2D eigenvalue weighted by molar-refractivity contribution is 6.84. The Hall–Kier alpha value is -0.396. The van der Waals surface area contributed by atoms with Gasteiger partial charge < -0.3 is 8.85 Å². The smallest absolute Gasteiger partial charge is 0.329 e. The fourth-order valence-electron chi connectivity index (χ4n) is 1.73. The lowest BCUT2D eigenvalue weighted by Crippen LogP contribution is -2.47. The van der Waals surface area contributed by atoms with E-state index in [1.807, 2.05) is 0 Å². The lowest BCUT2D eigenvalue weighted by Gasteiger charge is -2.33. The van der Waals surface area contributed by atoms with Crippen LogP contribution in [0, 0.1) is 0 Å². The van der Waals surface area contributed by atoms with Gasteiger partial charge in [0.2, 0.25) is 8.32 Å². The molecule has 0 spiro atoms. The molecular weight excluding hydrogens is 236 g/mol. The zero-order chi connectivity index (χ0) is 12.8. The highest BCUT2D eigenvalue weighted by atomic mass is 28.4. The quantitative estimate of drug-likeness (QED) is 0.401. The van der Waals surface area contributed by atoms with Crippen molar-refractivity contribution in [2.24, 2.45) is 0 Å². The van der Waals surface area contributed by atoms with E-state index in [1.54, 1.807) is 0 Å². The van der Waals surface area contributed by atoms with Crippen molar-refractivity contribution in [1.29, 1.82) is 0 Å². The zero-order valence-corrected chi connectivity index (χ0v) is 13.1. The number of rotatable bonds is 7. The Kier molecular flexibility index (Phi) is 6.21. The number of carbonyl (C=O) groups excluding carboxylic acids is 1. The van der Waals surface area contributed by atoms with Crippen LogP contribution in [0.3, 0.4) is 0 Å². The van der Waals surface area contributed by atoms with Crippen molar-refractivity contribution >= 4 is 22.6 Å². The SMILES string of the molecule is C=CC(=O)OC[Si](C)(C)O[Si](C)(C)CCC. The second-order valence-corrected chi connectivity index (χ2v) is 13.8. The zero-order valence-electron chi connectivity index (χ0n) is 11.1. The van der Waals surface area contributed by atoms with Crippen molar-refractivity contribution in [3.05, 3.63) is 12.7 Å². The molecule has 0 heterocycles. The molecule has 0 aliphatic rings. The van der Waals surface area contributed by atoms with Gasteiger partial charge in [-0.3, -0.25) is 0 Å². The van der Waals surface area contributed by atoms with E-state index in [2.05, 4.69) is 39.7 Å². The molecule has 0 bridgehead atoms. The normalized spacial score (nSPS) is 12.3. The standard InChI is InChI=1S/C11H24O3Si2/c1-7-9-15(3,4)14-16(5,6)10-13-11(12)8-2/h8H,2,7,9-10H2,1,3-6H3.